The summed E-state index contributed by atoms with van der Waals surface area (Å²) in [6.07, 6.45) is 10.1. The predicted molar refractivity (Wildman–Crippen MR) is 141 cm³/mol. The van der Waals surface area contributed by atoms with E-state index in [4.69, 9.17) is 27.4 Å². The minimum Gasteiger partial charge on any atom is -0.467 e. The Morgan fingerprint density at radius 1 is 1.17 bits per heavy atom. The first-order valence-electron chi connectivity index (χ1n) is 11.9. The lowest BCUT2D eigenvalue weighted by atomic mass is 9.93. The maximum atomic E-state index is 5.94. The molecule has 10 heteroatoms. The molecule has 4 N–H and O–H groups in total. The van der Waals surface area contributed by atoms with E-state index in [1.54, 1.807) is 24.7 Å². The van der Waals surface area contributed by atoms with Gasteiger partial charge in [0.25, 0.3) is 0 Å². The first-order valence-corrected chi connectivity index (χ1v) is 12.4. The fraction of sp³-hybridized carbons (Fsp3) is 0.360. The molecule has 5 rings (SSSR count). The van der Waals surface area contributed by atoms with Crippen molar-refractivity contribution in [1.29, 1.82) is 0 Å². The predicted octanol–water partition coefficient (Wildman–Crippen LogP) is 3.29. The largest absolute Gasteiger partial charge is 0.467 e. The van der Waals surface area contributed by atoms with Crippen molar-refractivity contribution in [2.75, 3.05) is 37.2 Å². The Morgan fingerprint density at radius 2 is 2.06 bits per heavy atom. The van der Waals surface area contributed by atoms with Crippen LogP contribution in [0.1, 0.15) is 24.4 Å². The van der Waals surface area contributed by atoms with Gasteiger partial charge in [-0.25, -0.2) is 9.97 Å². The molecule has 1 saturated heterocycles. The van der Waals surface area contributed by atoms with Gasteiger partial charge in [-0.05, 0) is 74.4 Å². The van der Waals surface area contributed by atoms with E-state index in [0.29, 0.717) is 23.3 Å². The van der Waals surface area contributed by atoms with Crippen LogP contribution in [0.15, 0.2) is 59.6 Å². The van der Waals surface area contributed by atoms with Crippen LogP contribution in [0.3, 0.4) is 0 Å². The van der Waals surface area contributed by atoms with Gasteiger partial charge >= 0.3 is 0 Å². The number of pyridine rings is 2. The number of fused-ring (bicyclic) bond motifs is 1. The fourth-order valence-corrected chi connectivity index (χ4v) is 4.77. The highest BCUT2D eigenvalue weighted by Crippen LogP contribution is 2.24. The van der Waals surface area contributed by atoms with Gasteiger partial charge < -0.3 is 30.3 Å². The molecule has 9 nitrogen and oxygen atoms in total. The van der Waals surface area contributed by atoms with E-state index in [0.717, 1.165) is 73.9 Å². The van der Waals surface area contributed by atoms with Crippen molar-refractivity contribution in [3.63, 3.8) is 0 Å². The first kappa shape index (κ1) is 23.3. The van der Waals surface area contributed by atoms with Crippen LogP contribution in [0.5, 0.6) is 0 Å². The van der Waals surface area contributed by atoms with Crippen LogP contribution >= 0.6 is 12.2 Å². The molecule has 0 bridgehead atoms. The summed E-state index contributed by atoms with van der Waals surface area (Å²) in [5, 5.41) is 6.93. The summed E-state index contributed by atoms with van der Waals surface area (Å²) in [7, 11) is 0. The van der Waals surface area contributed by atoms with Crippen LogP contribution in [0.4, 0.5) is 11.4 Å². The SMILES string of the molecule is Nc1ccncc1NC(=S)NCCN1CCC(Cc2nc3cccnc3n2Cc2ccco2)CC1. The second-order valence-corrected chi connectivity index (χ2v) is 9.28. The minimum atomic E-state index is 0.559. The van der Waals surface area contributed by atoms with Gasteiger partial charge in [-0.1, -0.05) is 0 Å². The summed E-state index contributed by atoms with van der Waals surface area (Å²) in [6, 6.07) is 9.64. The third kappa shape index (κ3) is 5.77. The van der Waals surface area contributed by atoms with E-state index < -0.39 is 0 Å². The smallest absolute Gasteiger partial charge is 0.170 e. The minimum absolute atomic E-state index is 0.559. The van der Waals surface area contributed by atoms with E-state index >= 15 is 0 Å². The Labute approximate surface area is 209 Å². The van der Waals surface area contributed by atoms with E-state index in [1.807, 2.05) is 30.5 Å². The average Bonchev–Trinajstić information content (AvgIpc) is 3.50. The topological polar surface area (TPSA) is 110 Å². The molecular weight excluding hydrogens is 460 g/mol. The van der Waals surface area contributed by atoms with Crippen molar-refractivity contribution in [3.05, 3.63) is 66.8 Å². The van der Waals surface area contributed by atoms with Crippen molar-refractivity contribution in [3.8, 4) is 0 Å². The van der Waals surface area contributed by atoms with Gasteiger partial charge in [0.2, 0.25) is 0 Å². The lowest BCUT2D eigenvalue weighted by Crippen LogP contribution is -2.41. The third-order valence-electron chi connectivity index (χ3n) is 6.47. The molecule has 0 saturated carbocycles. The number of nitrogens with one attached hydrogen (secondary N) is 2. The number of piperidine rings is 1. The standard InChI is InChI=1S/C25H30N8OS/c26-20-5-9-27-16-22(20)31-25(35)29-10-13-32-11-6-18(7-12-32)15-23-30-21-4-1-8-28-24(21)33(23)17-19-3-2-14-34-19/h1-5,8-9,14,16,18H,6-7,10-13,15,17H2,(H2,26,27)(H2,29,31,35). The number of nitrogens with two attached hydrogens (primary N) is 1. The fourth-order valence-electron chi connectivity index (χ4n) is 4.56. The Morgan fingerprint density at radius 3 is 2.86 bits per heavy atom. The molecule has 0 radical (unpaired) electrons. The molecular formula is C25H30N8OS. The highest BCUT2D eigenvalue weighted by atomic mass is 32.1. The number of nitrogen functional groups attached to an aromatic ring is 1. The molecule has 4 aromatic rings. The molecule has 0 atom stereocenters. The number of hydrogen-bond acceptors (Lipinski definition) is 7. The molecule has 1 fully saturated rings. The van der Waals surface area contributed by atoms with Gasteiger partial charge in [0.05, 0.1) is 30.4 Å². The number of hydrogen-bond donors (Lipinski definition) is 3. The van der Waals surface area contributed by atoms with Gasteiger partial charge in [0.15, 0.2) is 10.8 Å². The van der Waals surface area contributed by atoms with Crippen LogP contribution in [-0.2, 0) is 13.0 Å². The highest BCUT2D eigenvalue weighted by Gasteiger charge is 2.22. The van der Waals surface area contributed by atoms with Crippen molar-refractivity contribution >= 4 is 39.9 Å². The van der Waals surface area contributed by atoms with Crippen molar-refractivity contribution < 1.29 is 4.42 Å². The molecule has 0 spiro atoms. The molecule has 1 aliphatic heterocycles. The van der Waals surface area contributed by atoms with Gasteiger partial charge in [-0.15, -0.1) is 0 Å². The molecule has 182 valence electrons. The van der Waals surface area contributed by atoms with E-state index in [-0.39, 0.29) is 0 Å². The number of anilines is 2. The number of nitrogens with zero attached hydrogens (tertiary/aromatic N) is 5. The molecule has 5 heterocycles. The van der Waals surface area contributed by atoms with Crippen LogP contribution < -0.4 is 16.4 Å². The molecule has 4 aromatic heterocycles. The zero-order chi connectivity index (χ0) is 24.0. The van der Waals surface area contributed by atoms with Crippen LogP contribution in [0, 0.1) is 5.92 Å². The van der Waals surface area contributed by atoms with Crippen molar-refractivity contribution in [2.45, 2.75) is 25.8 Å². The molecule has 0 aliphatic carbocycles. The van der Waals surface area contributed by atoms with Crippen LogP contribution in [-0.4, -0.2) is 55.7 Å². The quantitative estimate of drug-likeness (QED) is 0.321. The van der Waals surface area contributed by atoms with Gasteiger partial charge in [-0.3, -0.25) is 4.98 Å². The summed E-state index contributed by atoms with van der Waals surface area (Å²) < 4.78 is 7.80. The molecule has 0 aromatic carbocycles. The zero-order valence-corrected chi connectivity index (χ0v) is 20.4. The van der Waals surface area contributed by atoms with Gasteiger partial charge in [0.1, 0.15) is 17.1 Å². The van der Waals surface area contributed by atoms with Crippen LogP contribution in [0.25, 0.3) is 11.2 Å². The Kier molecular flexibility index (Phi) is 7.20. The first-order chi connectivity index (χ1) is 17.2. The molecule has 1 aliphatic rings. The number of thiocarbonyl (C=S) groups is 1. The molecule has 0 amide bonds. The monoisotopic (exact) mass is 490 g/mol. The Bertz CT molecular complexity index is 1260. The lowest BCUT2D eigenvalue weighted by Gasteiger charge is -2.32. The summed E-state index contributed by atoms with van der Waals surface area (Å²) in [5.41, 5.74) is 9.14. The second-order valence-electron chi connectivity index (χ2n) is 8.87. The summed E-state index contributed by atoms with van der Waals surface area (Å²) in [6.45, 7) is 4.51. The zero-order valence-electron chi connectivity index (χ0n) is 19.6. The molecule has 35 heavy (non-hydrogen) atoms. The highest BCUT2D eigenvalue weighted by molar-refractivity contribution is 7.80. The summed E-state index contributed by atoms with van der Waals surface area (Å²) in [5.74, 6) is 2.60. The lowest BCUT2D eigenvalue weighted by molar-refractivity contribution is 0.185. The Hall–Kier alpha value is -3.50. The van der Waals surface area contributed by atoms with E-state index in [2.05, 4.69) is 30.1 Å². The normalized spacial score (nSPS) is 14.9. The summed E-state index contributed by atoms with van der Waals surface area (Å²) in [4.78, 5) is 16.1. The van der Waals surface area contributed by atoms with Crippen molar-refractivity contribution in [1.82, 2.24) is 29.7 Å². The number of furan rings is 1. The summed E-state index contributed by atoms with van der Waals surface area (Å²) >= 11 is 5.39. The van der Waals surface area contributed by atoms with E-state index in [1.165, 1.54) is 0 Å². The second kappa shape index (κ2) is 10.8. The maximum Gasteiger partial charge on any atom is 0.170 e. The number of rotatable bonds is 8. The van der Waals surface area contributed by atoms with E-state index in [9.17, 15) is 0 Å². The number of imidazole rings is 1. The Balaban J connectivity index is 1.11. The van der Waals surface area contributed by atoms with Gasteiger partial charge in [-0.2, -0.15) is 0 Å². The third-order valence-corrected chi connectivity index (χ3v) is 6.72. The molecule has 0 unspecified atom stereocenters. The number of aromatic nitrogens is 4. The maximum absolute atomic E-state index is 5.94. The van der Waals surface area contributed by atoms with Crippen molar-refractivity contribution in [2.24, 2.45) is 5.92 Å². The number of likely N-dealkylation sites (tertiary alicyclic amines) is 1. The average molecular weight is 491 g/mol. The van der Waals surface area contributed by atoms with Gasteiger partial charge in [0, 0.05) is 31.9 Å². The van der Waals surface area contributed by atoms with Crippen LogP contribution in [0.2, 0.25) is 0 Å².